The molecule has 1 atom stereocenters. The summed E-state index contributed by atoms with van der Waals surface area (Å²) in [7, 11) is 0. The summed E-state index contributed by atoms with van der Waals surface area (Å²) in [5.41, 5.74) is 0. The SMILES string of the molecule is BrCCC1CCNC1.Cl. The van der Waals surface area contributed by atoms with E-state index in [1.54, 1.807) is 0 Å². The van der Waals surface area contributed by atoms with Crippen molar-refractivity contribution in [1.29, 1.82) is 0 Å². The molecule has 1 aliphatic rings. The molecule has 0 spiro atoms. The van der Waals surface area contributed by atoms with E-state index in [2.05, 4.69) is 21.2 Å². The van der Waals surface area contributed by atoms with Crippen molar-refractivity contribution in [3.63, 3.8) is 0 Å². The van der Waals surface area contributed by atoms with E-state index in [4.69, 9.17) is 0 Å². The second kappa shape index (κ2) is 5.51. The maximum atomic E-state index is 3.43. The average Bonchev–Trinajstić information content (AvgIpc) is 2.19. The molecule has 1 rings (SSSR count). The fraction of sp³-hybridized carbons (Fsp3) is 1.00. The lowest BCUT2D eigenvalue weighted by Gasteiger charge is -2.01. The normalized spacial score (nSPS) is 25.7. The molecule has 0 amide bonds. The van der Waals surface area contributed by atoms with Crippen LogP contribution in [0.5, 0.6) is 0 Å². The van der Waals surface area contributed by atoms with Crippen LogP contribution >= 0.6 is 28.3 Å². The maximum Gasteiger partial charge on any atom is 0.00344 e. The Morgan fingerprint density at radius 2 is 2.33 bits per heavy atom. The highest BCUT2D eigenvalue weighted by molar-refractivity contribution is 9.09. The summed E-state index contributed by atoms with van der Waals surface area (Å²) in [6, 6.07) is 0. The zero-order chi connectivity index (χ0) is 5.82. The van der Waals surface area contributed by atoms with Crippen LogP contribution in [0.3, 0.4) is 0 Å². The first-order valence-electron chi connectivity index (χ1n) is 3.20. The van der Waals surface area contributed by atoms with E-state index in [-0.39, 0.29) is 12.4 Å². The van der Waals surface area contributed by atoms with Crippen LogP contribution in [0.2, 0.25) is 0 Å². The molecule has 1 fully saturated rings. The van der Waals surface area contributed by atoms with Gasteiger partial charge in [-0.3, -0.25) is 0 Å². The minimum absolute atomic E-state index is 0. The van der Waals surface area contributed by atoms with Crippen molar-refractivity contribution in [2.75, 3.05) is 18.4 Å². The lowest BCUT2D eigenvalue weighted by Crippen LogP contribution is -2.08. The molecule has 0 radical (unpaired) electrons. The molecule has 0 aromatic carbocycles. The summed E-state index contributed by atoms with van der Waals surface area (Å²) in [6.07, 6.45) is 2.72. The first-order valence-corrected chi connectivity index (χ1v) is 4.32. The Hall–Kier alpha value is 0.730. The van der Waals surface area contributed by atoms with Gasteiger partial charge in [0.1, 0.15) is 0 Å². The highest BCUT2D eigenvalue weighted by atomic mass is 79.9. The minimum Gasteiger partial charge on any atom is -0.316 e. The van der Waals surface area contributed by atoms with Gasteiger partial charge in [-0.25, -0.2) is 0 Å². The van der Waals surface area contributed by atoms with E-state index in [9.17, 15) is 0 Å². The molecule has 1 aliphatic heterocycles. The van der Waals surface area contributed by atoms with E-state index >= 15 is 0 Å². The predicted octanol–water partition coefficient (Wildman–Crippen LogP) is 1.80. The molecule has 3 heteroatoms. The zero-order valence-electron chi connectivity index (χ0n) is 5.40. The molecule has 56 valence electrons. The fourth-order valence-corrected chi connectivity index (χ4v) is 1.76. The van der Waals surface area contributed by atoms with Crippen molar-refractivity contribution in [2.45, 2.75) is 12.8 Å². The van der Waals surface area contributed by atoms with Gasteiger partial charge in [0, 0.05) is 5.33 Å². The van der Waals surface area contributed by atoms with Gasteiger partial charge in [0.25, 0.3) is 0 Å². The third kappa shape index (κ3) is 3.43. The molecule has 0 saturated carbocycles. The van der Waals surface area contributed by atoms with Crippen LogP contribution in [0.15, 0.2) is 0 Å². The standard InChI is InChI=1S/C6H12BrN.ClH/c7-3-1-6-2-4-8-5-6;/h6,8H,1-5H2;1H. The second-order valence-electron chi connectivity index (χ2n) is 2.34. The van der Waals surface area contributed by atoms with Crippen LogP contribution in [0.4, 0.5) is 0 Å². The fourth-order valence-electron chi connectivity index (χ4n) is 1.12. The largest absolute Gasteiger partial charge is 0.316 e. The lowest BCUT2D eigenvalue weighted by atomic mass is 10.1. The Morgan fingerprint density at radius 1 is 1.56 bits per heavy atom. The second-order valence-corrected chi connectivity index (χ2v) is 3.13. The summed E-state index contributed by atoms with van der Waals surface area (Å²) < 4.78 is 0. The summed E-state index contributed by atoms with van der Waals surface area (Å²) in [4.78, 5) is 0. The van der Waals surface area contributed by atoms with E-state index in [0.717, 1.165) is 5.92 Å². The third-order valence-electron chi connectivity index (χ3n) is 1.68. The molecule has 0 aromatic rings. The minimum atomic E-state index is 0. The van der Waals surface area contributed by atoms with Crippen LogP contribution in [0, 0.1) is 5.92 Å². The van der Waals surface area contributed by atoms with Crippen molar-refractivity contribution < 1.29 is 0 Å². The Kier molecular flexibility index (Phi) is 5.96. The van der Waals surface area contributed by atoms with Gasteiger partial charge in [0.2, 0.25) is 0 Å². The van der Waals surface area contributed by atoms with Gasteiger partial charge in [0.15, 0.2) is 0 Å². The van der Waals surface area contributed by atoms with Crippen molar-refractivity contribution >= 4 is 28.3 Å². The first-order chi connectivity index (χ1) is 3.93. The summed E-state index contributed by atoms with van der Waals surface area (Å²) in [5, 5.41) is 4.50. The van der Waals surface area contributed by atoms with Gasteiger partial charge >= 0.3 is 0 Å². The van der Waals surface area contributed by atoms with E-state index in [1.807, 2.05) is 0 Å². The number of rotatable bonds is 2. The number of alkyl halides is 1. The number of hydrogen-bond acceptors (Lipinski definition) is 1. The molecular formula is C6H13BrClN. The highest BCUT2D eigenvalue weighted by Crippen LogP contribution is 2.12. The van der Waals surface area contributed by atoms with Crippen molar-refractivity contribution in [3.8, 4) is 0 Å². The maximum absolute atomic E-state index is 3.43. The predicted molar refractivity (Wildman–Crippen MR) is 46.6 cm³/mol. The van der Waals surface area contributed by atoms with Crippen LogP contribution in [0.1, 0.15) is 12.8 Å². The number of nitrogens with one attached hydrogen (secondary N) is 1. The molecule has 0 bridgehead atoms. The van der Waals surface area contributed by atoms with E-state index in [0.29, 0.717) is 0 Å². The molecule has 9 heavy (non-hydrogen) atoms. The first kappa shape index (κ1) is 9.73. The van der Waals surface area contributed by atoms with Crippen LogP contribution < -0.4 is 5.32 Å². The van der Waals surface area contributed by atoms with Gasteiger partial charge < -0.3 is 5.32 Å². The van der Waals surface area contributed by atoms with Gasteiger partial charge in [-0.15, -0.1) is 12.4 Å². The van der Waals surface area contributed by atoms with Crippen LogP contribution in [-0.2, 0) is 0 Å². The lowest BCUT2D eigenvalue weighted by molar-refractivity contribution is 0.569. The van der Waals surface area contributed by atoms with Gasteiger partial charge in [-0.05, 0) is 31.8 Å². The third-order valence-corrected chi connectivity index (χ3v) is 2.14. The Bertz CT molecular complexity index is 64.1. The molecular weight excluding hydrogens is 201 g/mol. The smallest absolute Gasteiger partial charge is 0.00344 e. The van der Waals surface area contributed by atoms with Gasteiger partial charge in [0.05, 0.1) is 0 Å². The van der Waals surface area contributed by atoms with Gasteiger partial charge in [-0.2, -0.15) is 0 Å². The average molecular weight is 215 g/mol. The molecule has 1 saturated heterocycles. The molecule has 0 aliphatic carbocycles. The summed E-state index contributed by atoms with van der Waals surface area (Å²) in [6.45, 7) is 2.48. The number of halogens is 2. The summed E-state index contributed by atoms with van der Waals surface area (Å²) >= 11 is 3.43. The Labute approximate surface area is 71.1 Å². The van der Waals surface area contributed by atoms with Crippen LogP contribution in [0.25, 0.3) is 0 Å². The summed E-state index contributed by atoms with van der Waals surface area (Å²) in [5.74, 6) is 0.953. The Balaban J connectivity index is 0.000000640. The van der Waals surface area contributed by atoms with Crippen molar-refractivity contribution in [3.05, 3.63) is 0 Å². The van der Waals surface area contributed by atoms with Crippen molar-refractivity contribution in [1.82, 2.24) is 5.32 Å². The molecule has 0 aromatic heterocycles. The molecule has 1 nitrogen and oxygen atoms in total. The molecule has 1 heterocycles. The monoisotopic (exact) mass is 213 g/mol. The van der Waals surface area contributed by atoms with Gasteiger partial charge in [-0.1, -0.05) is 15.9 Å². The van der Waals surface area contributed by atoms with Crippen LogP contribution in [-0.4, -0.2) is 18.4 Å². The van der Waals surface area contributed by atoms with E-state index < -0.39 is 0 Å². The Morgan fingerprint density at radius 3 is 2.78 bits per heavy atom. The molecule has 1 N–H and O–H groups in total. The molecule has 1 unspecified atom stereocenters. The van der Waals surface area contributed by atoms with Crippen molar-refractivity contribution in [2.24, 2.45) is 5.92 Å². The quantitative estimate of drug-likeness (QED) is 0.692. The zero-order valence-corrected chi connectivity index (χ0v) is 7.80. The number of hydrogen-bond donors (Lipinski definition) is 1. The topological polar surface area (TPSA) is 12.0 Å². The highest BCUT2D eigenvalue weighted by Gasteiger charge is 2.12. The van der Waals surface area contributed by atoms with E-state index in [1.165, 1.54) is 31.3 Å².